The van der Waals surface area contributed by atoms with Gasteiger partial charge in [-0.1, -0.05) is 0 Å². The summed E-state index contributed by atoms with van der Waals surface area (Å²) in [5.74, 6) is 0.468. The van der Waals surface area contributed by atoms with Gasteiger partial charge in [0, 0.05) is 12.7 Å². The summed E-state index contributed by atoms with van der Waals surface area (Å²) in [6.45, 7) is 3.67. The smallest absolute Gasteiger partial charge is 0.276 e. The Morgan fingerprint density at radius 1 is 1.40 bits per heavy atom. The fourth-order valence-electron chi connectivity index (χ4n) is 2.03. The predicted octanol–water partition coefficient (Wildman–Crippen LogP) is 1.88. The number of rotatable bonds is 3. The molecule has 0 aliphatic rings. The number of methoxy groups -OCH3 is 1. The monoisotopic (exact) mass is 274 g/mol. The van der Waals surface area contributed by atoms with E-state index in [9.17, 15) is 4.79 Å². The van der Waals surface area contributed by atoms with Crippen LogP contribution in [0.2, 0.25) is 0 Å². The maximum Gasteiger partial charge on any atom is 0.276 e. The van der Waals surface area contributed by atoms with Gasteiger partial charge in [-0.2, -0.15) is 5.10 Å². The van der Waals surface area contributed by atoms with E-state index < -0.39 is 0 Å². The topological polar surface area (TPSA) is 82.2 Å². The first-order valence-corrected chi connectivity index (χ1v) is 6.19. The van der Waals surface area contributed by atoms with Crippen molar-refractivity contribution >= 4 is 17.3 Å². The van der Waals surface area contributed by atoms with Crippen LogP contribution in [0, 0.1) is 13.8 Å². The number of hydrogen-bond acceptors (Lipinski definition) is 4. The Balaban J connectivity index is 2.28. The van der Waals surface area contributed by atoms with Gasteiger partial charge < -0.3 is 15.8 Å². The van der Waals surface area contributed by atoms with Gasteiger partial charge in [-0.3, -0.25) is 9.48 Å². The standard InChI is InChI=1S/C14H18N4O2/c1-8-7-10(20-4)5-6-11(8)16-14(19)13-12(15)9(2)17-18(13)3/h5-7H,15H2,1-4H3,(H,16,19). The summed E-state index contributed by atoms with van der Waals surface area (Å²) in [5, 5.41) is 6.97. The molecule has 0 fully saturated rings. The number of nitrogens with one attached hydrogen (secondary N) is 1. The second-order valence-corrected chi connectivity index (χ2v) is 4.61. The van der Waals surface area contributed by atoms with Crippen LogP contribution in [0.25, 0.3) is 0 Å². The molecule has 1 aromatic carbocycles. The van der Waals surface area contributed by atoms with Gasteiger partial charge in [0.1, 0.15) is 11.4 Å². The molecule has 0 aliphatic carbocycles. The quantitative estimate of drug-likeness (QED) is 0.895. The Morgan fingerprint density at radius 2 is 2.10 bits per heavy atom. The number of nitrogens with two attached hydrogens (primary N) is 1. The Hall–Kier alpha value is -2.50. The maximum absolute atomic E-state index is 12.3. The lowest BCUT2D eigenvalue weighted by atomic mass is 10.2. The second kappa shape index (κ2) is 5.24. The summed E-state index contributed by atoms with van der Waals surface area (Å²) in [6.07, 6.45) is 0. The van der Waals surface area contributed by atoms with Gasteiger partial charge in [0.05, 0.1) is 18.5 Å². The molecule has 0 bridgehead atoms. The molecule has 0 spiro atoms. The lowest BCUT2D eigenvalue weighted by molar-refractivity contribution is 0.101. The first-order chi connectivity index (χ1) is 9.43. The van der Waals surface area contributed by atoms with Crippen molar-refractivity contribution in [1.29, 1.82) is 0 Å². The highest BCUT2D eigenvalue weighted by Gasteiger charge is 2.18. The molecule has 3 N–H and O–H groups in total. The SMILES string of the molecule is COc1ccc(NC(=O)c2c(N)c(C)nn2C)c(C)c1. The minimum absolute atomic E-state index is 0.279. The van der Waals surface area contributed by atoms with Crippen molar-refractivity contribution in [3.05, 3.63) is 35.2 Å². The van der Waals surface area contributed by atoms with Crippen molar-refractivity contribution in [3.8, 4) is 5.75 Å². The predicted molar refractivity (Wildman–Crippen MR) is 78.0 cm³/mol. The molecule has 6 heteroatoms. The normalized spacial score (nSPS) is 10.4. The van der Waals surface area contributed by atoms with Gasteiger partial charge in [-0.05, 0) is 37.6 Å². The highest BCUT2D eigenvalue weighted by molar-refractivity contribution is 6.07. The van der Waals surface area contributed by atoms with Gasteiger partial charge in [0.2, 0.25) is 0 Å². The molecule has 2 rings (SSSR count). The molecule has 0 radical (unpaired) electrons. The fraction of sp³-hybridized carbons (Fsp3) is 0.286. The van der Waals surface area contributed by atoms with Crippen molar-refractivity contribution in [2.75, 3.05) is 18.2 Å². The van der Waals surface area contributed by atoms with Crippen LogP contribution in [-0.4, -0.2) is 22.8 Å². The van der Waals surface area contributed by atoms with Gasteiger partial charge in [-0.15, -0.1) is 0 Å². The molecular formula is C14H18N4O2. The third-order valence-electron chi connectivity index (χ3n) is 3.17. The Labute approximate surface area is 117 Å². The summed E-state index contributed by atoms with van der Waals surface area (Å²) < 4.78 is 6.62. The summed E-state index contributed by atoms with van der Waals surface area (Å²) in [4.78, 5) is 12.3. The molecule has 20 heavy (non-hydrogen) atoms. The highest BCUT2D eigenvalue weighted by Crippen LogP contribution is 2.23. The van der Waals surface area contributed by atoms with Crippen molar-refractivity contribution in [2.24, 2.45) is 7.05 Å². The molecule has 0 aliphatic heterocycles. The second-order valence-electron chi connectivity index (χ2n) is 4.61. The van der Waals surface area contributed by atoms with Crippen molar-refractivity contribution < 1.29 is 9.53 Å². The van der Waals surface area contributed by atoms with Crippen LogP contribution in [0.15, 0.2) is 18.2 Å². The van der Waals surface area contributed by atoms with Crippen LogP contribution in [0.5, 0.6) is 5.75 Å². The van der Waals surface area contributed by atoms with Crippen LogP contribution in [0.3, 0.4) is 0 Å². The Kier molecular flexibility index (Phi) is 3.65. The van der Waals surface area contributed by atoms with Crippen LogP contribution in [0.4, 0.5) is 11.4 Å². The molecule has 0 saturated heterocycles. The number of anilines is 2. The number of amides is 1. The lowest BCUT2D eigenvalue weighted by Crippen LogP contribution is -2.18. The summed E-state index contributed by atoms with van der Waals surface area (Å²) >= 11 is 0. The zero-order valence-electron chi connectivity index (χ0n) is 12.0. The molecule has 106 valence electrons. The molecule has 2 aromatic rings. The van der Waals surface area contributed by atoms with E-state index in [1.54, 1.807) is 33.2 Å². The minimum Gasteiger partial charge on any atom is -0.497 e. The zero-order valence-corrected chi connectivity index (χ0v) is 12.0. The lowest BCUT2D eigenvalue weighted by Gasteiger charge is -2.10. The number of hydrogen-bond donors (Lipinski definition) is 2. The number of aromatic nitrogens is 2. The van der Waals surface area contributed by atoms with Crippen molar-refractivity contribution in [2.45, 2.75) is 13.8 Å². The molecule has 1 aromatic heterocycles. The Morgan fingerprint density at radius 3 is 2.60 bits per heavy atom. The molecule has 0 unspecified atom stereocenters. The largest absolute Gasteiger partial charge is 0.497 e. The zero-order chi connectivity index (χ0) is 14.9. The summed E-state index contributed by atoms with van der Waals surface area (Å²) in [6, 6.07) is 5.44. The molecule has 1 amide bonds. The van der Waals surface area contributed by atoms with Gasteiger partial charge in [-0.25, -0.2) is 0 Å². The van der Waals surface area contributed by atoms with E-state index in [1.807, 2.05) is 13.0 Å². The van der Waals surface area contributed by atoms with Gasteiger partial charge >= 0.3 is 0 Å². The number of carbonyl (C=O) groups is 1. The van der Waals surface area contributed by atoms with E-state index in [1.165, 1.54) is 4.68 Å². The molecule has 0 atom stereocenters. The summed E-state index contributed by atoms with van der Waals surface area (Å²) in [5.41, 5.74) is 8.91. The number of carbonyl (C=O) groups excluding carboxylic acids is 1. The first kappa shape index (κ1) is 13.9. The highest BCUT2D eigenvalue weighted by atomic mass is 16.5. The van der Waals surface area contributed by atoms with Gasteiger partial charge in [0.15, 0.2) is 0 Å². The average Bonchev–Trinajstić information content (AvgIpc) is 2.65. The maximum atomic E-state index is 12.3. The third-order valence-corrected chi connectivity index (χ3v) is 3.17. The average molecular weight is 274 g/mol. The number of benzene rings is 1. The number of ether oxygens (including phenoxy) is 1. The number of aryl methyl sites for hydroxylation is 3. The van der Waals surface area contributed by atoms with Crippen LogP contribution in [0.1, 0.15) is 21.7 Å². The third kappa shape index (κ3) is 2.45. The van der Waals surface area contributed by atoms with Crippen molar-refractivity contribution in [1.82, 2.24) is 9.78 Å². The first-order valence-electron chi connectivity index (χ1n) is 6.19. The fourth-order valence-corrected chi connectivity index (χ4v) is 2.03. The van der Waals surface area contributed by atoms with E-state index in [-0.39, 0.29) is 5.91 Å². The number of nitrogen functional groups attached to an aromatic ring is 1. The minimum atomic E-state index is -0.279. The molecule has 1 heterocycles. The van der Waals surface area contributed by atoms with Gasteiger partial charge in [0.25, 0.3) is 5.91 Å². The Bertz CT molecular complexity index is 661. The van der Waals surface area contributed by atoms with E-state index in [0.29, 0.717) is 22.8 Å². The van der Waals surface area contributed by atoms with Crippen LogP contribution >= 0.6 is 0 Å². The van der Waals surface area contributed by atoms with Crippen molar-refractivity contribution in [3.63, 3.8) is 0 Å². The molecule has 0 saturated carbocycles. The summed E-state index contributed by atoms with van der Waals surface area (Å²) in [7, 11) is 3.30. The molecule has 6 nitrogen and oxygen atoms in total. The number of nitrogens with zero attached hydrogens (tertiary/aromatic N) is 2. The van der Waals surface area contributed by atoms with E-state index in [2.05, 4.69) is 10.4 Å². The van der Waals surface area contributed by atoms with E-state index >= 15 is 0 Å². The van der Waals surface area contributed by atoms with Crippen LogP contribution in [-0.2, 0) is 7.05 Å². The van der Waals surface area contributed by atoms with E-state index in [0.717, 1.165) is 11.3 Å². The molecular weight excluding hydrogens is 256 g/mol. The van der Waals surface area contributed by atoms with Crippen LogP contribution < -0.4 is 15.8 Å². The van der Waals surface area contributed by atoms with E-state index in [4.69, 9.17) is 10.5 Å².